The Morgan fingerprint density at radius 3 is 2.34 bits per heavy atom. The molecule has 3 aromatic rings. The third-order valence-corrected chi connectivity index (χ3v) is 5.56. The fraction of sp³-hybridized carbons (Fsp3) is 0.333. The summed E-state index contributed by atoms with van der Waals surface area (Å²) in [5.41, 5.74) is 3.78. The van der Waals surface area contributed by atoms with E-state index in [1.165, 1.54) is 0 Å². The summed E-state index contributed by atoms with van der Waals surface area (Å²) in [4.78, 5) is 25.5. The van der Waals surface area contributed by atoms with E-state index in [1.807, 2.05) is 47.7 Å². The predicted molar refractivity (Wildman–Crippen MR) is 113 cm³/mol. The molecule has 1 saturated heterocycles. The Morgan fingerprint density at radius 2 is 1.69 bits per heavy atom. The normalized spacial score (nSPS) is 14.3. The molecule has 150 valence electrons. The first kappa shape index (κ1) is 19.4. The highest BCUT2D eigenvalue weighted by Gasteiger charge is 2.24. The predicted octanol–water partition coefficient (Wildman–Crippen LogP) is 2.82. The van der Waals surface area contributed by atoms with Gasteiger partial charge in [-0.15, -0.1) is 0 Å². The Hall–Kier alpha value is -2.93. The van der Waals surface area contributed by atoms with E-state index in [-0.39, 0.29) is 5.91 Å². The Morgan fingerprint density at radius 1 is 1.03 bits per heavy atom. The highest BCUT2D eigenvalue weighted by Crippen LogP contribution is 2.21. The first-order chi connectivity index (χ1) is 14.0. The zero-order valence-corrected chi connectivity index (χ0v) is 17.3. The fourth-order valence-corrected chi connectivity index (χ4v) is 3.76. The monoisotopic (exact) mass is 410 g/mol. The highest BCUT2D eigenvalue weighted by atomic mass is 35.5. The minimum Gasteiger partial charge on any atom is -0.339 e. The first-order valence-corrected chi connectivity index (χ1v) is 10.0. The van der Waals surface area contributed by atoms with E-state index in [0.29, 0.717) is 24.5 Å². The number of halogens is 1. The van der Waals surface area contributed by atoms with Crippen LogP contribution in [0.2, 0.25) is 5.02 Å². The molecule has 1 aliphatic heterocycles. The van der Waals surface area contributed by atoms with Gasteiger partial charge in [-0.1, -0.05) is 11.6 Å². The van der Waals surface area contributed by atoms with Crippen LogP contribution < -0.4 is 4.90 Å². The lowest BCUT2D eigenvalue weighted by molar-refractivity contribution is -0.130. The molecular formula is C21H23ClN6O. The van der Waals surface area contributed by atoms with Gasteiger partial charge in [-0.2, -0.15) is 5.10 Å². The third kappa shape index (κ3) is 4.10. The topological polar surface area (TPSA) is 67.2 Å². The van der Waals surface area contributed by atoms with Crippen molar-refractivity contribution in [3.05, 3.63) is 64.7 Å². The van der Waals surface area contributed by atoms with Crippen LogP contribution in [-0.4, -0.2) is 56.7 Å². The molecule has 8 heteroatoms. The van der Waals surface area contributed by atoms with Gasteiger partial charge in [0.05, 0.1) is 17.8 Å². The summed E-state index contributed by atoms with van der Waals surface area (Å²) >= 11 is 5.99. The van der Waals surface area contributed by atoms with Crippen molar-refractivity contribution in [3.63, 3.8) is 0 Å². The van der Waals surface area contributed by atoms with E-state index in [0.717, 1.165) is 41.7 Å². The lowest BCUT2D eigenvalue weighted by Gasteiger charge is -2.34. The van der Waals surface area contributed by atoms with Gasteiger partial charge >= 0.3 is 0 Å². The molecule has 3 heterocycles. The van der Waals surface area contributed by atoms with E-state index >= 15 is 0 Å². The quantitative estimate of drug-likeness (QED) is 0.661. The van der Waals surface area contributed by atoms with Gasteiger partial charge in [0, 0.05) is 54.9 Å². The maximum Gasteiger partial charge on any atom is 0.227 e. The molecule has 0 N–H and O–H groups in total. The van der Waals surface area contributed by atoms with Crippen molar-refractivity contribution in [2.45, 2.75) is 20.3 Å². The number of aromatic nitrogens is 4. The summed E-state index contributed by atoms with van der Waals surface area (Å²) < 4.78 is 1.87. The van der Waals surface area contributed by atoms with E-state index < -0.39 is 0 Å². The Balaban J connectivity index is 1.43. The minimum absolute atomic E-state index is 0.125. The van der Waals surface area contributed by atoms with Crippen molar-refractivity contribution in [1.29, 1.82) is 0 Å². The van der Waals surface area contributed by atoms with Crippen LogP contribution in [0.25, 0.3) is 5.69 Å². The number of nitrogens with zero attached hydrogens (tertiary/aromatic N) is 6. The number of amides is 1. The van der Waals surface area contributed by atoms with E-state index in [4.69, 9.17) is 11.6 Å². The summed E-state index contributed by atoms with van der Waals surface area (Å²) in [5, 5.41) is 5.32. The Bertz CT molecular complexity index is 994. The first-order valence-electron chi connectivity index (χ1n) is 9.63. The zero-order valence-electron chi connectivity index (χ0n) is 16.5. The molecule has 4 rings (SSSR count). The van der Waals surface area contributed by atoms with Crippen LogP contribution in [0.1, 0.15) is 17.0 Å². The van der Waals surface area contributed by atoms with Crippen LogP contribution >= 0.6 is 11.6 Å². The molecule has 0 aliphatic carbocycles. The third-order valence-electron chi connectivity index (χ3n) is 5.31. The molecule has 0 atom stereocenters. The maximum atomic E-state index is 12.9. The van der Waals surface area contributed by atoms with E-state index in [9.17, 15) is 4.79 Å². The molecule has 1 fully saturated rings. The van der Waals surface area contributed by atoms with Crippen LogP contribution in [0.3, 0.4) is 0 Å². The van der Waals surface area contributed by atoms with Gasteiger partial charge in [0.25, 0.3) is 0 Å². The molecule has 2 aromatic heterocycles. The Kier molecular flexibility index (Phi) is 5.49. The number of carbonyl (C=O) groups excluding carboxylic acids is 1. The van der Waals surface area contributed by atoms with Crippen LogP contribution in [0.15, 0.2) is 42.7 Å². The van der Waals surface area contributed by atoms with Gasteiger partial charge in [-0.05, 0) is 44.2 Å². The molecule has 0 radical (unpaired) electrons. The number of carbonyl (C=O) groups is 1. The SMILES string of the molecule is Cc1nn(-c2ccc(Cl)cc2)c(C)c1CC(=O)N1CCN(c2ncccn2)CC1. The summed E-state index contributed by atoms with van der Waals surface area (Å²) in [5.74, 6) is 0.844. The second kappa shape index (κ2) is 8.21. The number of anilines is 1. The number of hydrogen-bond acceptors (Lipinski definition) is 5. The van der Waals surface area contributed by atoms with Crippen molar-refractivity contribution in [3.8, 4) is 5.69 Å². The highest BCUT2D eigenvalue weighted by molar-refractivity contribution is 6.30. The number of piperazine rings is 1. The molecule has 1 aromatic carbocycles. The molecule has 0 bridgehead atoms. The largest absolute Gasteiger partial charge is 0.339 e. The summed E-state index contributed by atoms with van der Waals surface area (Å²) in [6.45, 7) is 6.76. The molecule has 0 spiro atoms. The zero-order chi connectivity index (χ0) is 20.4. The molecule has 29 heavy (non-hydrogen) atoms. The minimum atomic E-state index is 0.125. The lowest BCUT2D eigenvalue weighted by Crippen LogP contribution is -2.49. The fourth-order valence-electron chi connectivity index (χ4n) is 3.64. The lowest BCUT2D eigenvalue weighted by atomic mass is 10.1. The summed E-state index contributed by atoms with van der Waals surface area (Å²) in [6, 6.07) is 9.34. The van der Waals surface area contributed by atoms with Crippen molar-refractivity contribution < 1.29 is 4.79 Å². The number of aryl methyl sites for hydroxylation is 1. The van der Waals surface area contributed by atoms with Crippen LogP contribution in [0, 0.1) is 13.8 Å². The molecule has 7 nitrogen and oxygen atoms in total. The summed E-state index contributed by atoms with van der Waals surface area (Å²) in [6.07, 6.45) is 3.83. The van der Waals surface area contributed by atoms with Gasteiger partial charge in [0.1, 0.15) is 0 Å². The van der Waals surface area contributed by atoms with Crippen LogP contribution in [0.5, 0.6) is 0 Å². The molecular weight excluding hydrogens is 388 g/mol. The maximum absolute atomic E-state index is 12.9. The number of rotatable bonds is 4. The number of hydrogen-bond donors (Lipinski definition) is 0. The van der Waals surface area contributed by atoms with Crippen molar-refractivity contribution in [2.24, 2.45) is 0 Å². The smallest absolute Gasteiger partial charge is 0.227 e. The van der Waals surface area contributed by atoms with Crippen LogP contribution in [0.4, 0.5) is 5.95 Å². The van der Waals surface area contributed by atoms with Crippen molar-refractivity contribution in [2.75, 3.05) is 31.1 Å². The second-order valence-electron chi connectivity index (χ2n) is 7.13. The van der Waals surface area contributed by atoms with Crippen molar-refractivity contribution in [1.82, 2.24) is 24.6 Å². The van der Waals surface area contributed by atoms with Gasteiger partial charge in [-0.3, -0.25) is 4.79 Å². The van der Waals surface area contributed by atoms with E-state index in [2.05, 4.69) is 20.0 Å². The standard InChI is InChI=1S/C21H23ClN6O/c1-15-19(16(2)28(25-15)18-6-4-17(22)5-7-18)14-20(29)26-10-12-27(13-11-26)21-23-8-3-9-24-21/h3-9H,10-14H2,1-2H3. The Labute approximate surface area is 174 Å². The molecule has 1 amide bonds. The number of benzene rings is 1. The average Bonchev–Trinajstić information content (AvgIpc) is 3.03. The van der Waals surface area contributed by atoms with Gasteiger partial charge < -0.3 is 9.80 Å². The van der Waals surface area contributed by atoms with Gasteiger partial charge in [0.2, 0.25) is 11.9 Å². The van der Waals surface area contributed by atoms with Crippen LogP contribution in [-0.2, 0) is 11.2 Å². The molecule has 0 saturated carbocycles. The second-order valence-corrected chi connectivity index (χ2v) is 7.57. The van der Waals surface area contributed by atoms with Gasteiger partial charge in [0.15, 0.2) is 0 Å². The average molecular weight is 411 g/mol. The molecule has 0 unspecified atom stereocenters. The van der Waals surface area contributed by atoms with E-state index in [1.54, 1.807) is 18.5 Å². The van der Waals surface area contributed by atoms with Gasteiger partial charge in [-0.25, -0.2) is 14.6 Å². The summed E-state index contributed by atoms with van der Waals surface area (Å²) in [7, 11) is 0. The van der Waals surface area contributed by atoms with Crippen molar-refractivity contribution >= 4 is 23.5 Å². The molecule has 1 aliphatic rings.